The first-order valence-corrected chi connectivity index (χ1v) is 8.53. The lowest BCUT2D eigenvalue weighted by atomic mass is 10.2. The van der Waals surface area contributed by atoms with Crippen LogP contribution < -0.4 is 5.32 Å². The number of anilines is 1. The van der Waals surface area contributed by atoms with E-state index in [0.29, 0.717) is 0 Å². The molecule has 3 rings (SSSR count). The predicted octanol–water partition coefficient (Wildman–Crippen LogP) is 2.86. The zero-order valence-corrected chi connectivity index (χ0v) is 13.9. The van der Waals surface area contributed by atoms with Crippen molar-refractivity contribution >= 4 is 11.7 Å². The van der Waals surface area contributed by atoms with Crippen LogP contribution in [0.2, 0.25) is 0 Å². The Morgan fingerprint density at radius 2 is 1.79 bits per heavy atom. The third-order valence-corrected chi connectivity index (χ3v) is 4.37. The third-order valence-electron chi connectivity index (χ3n) is 4.37. The van der Waals surface area contributed by atoms with Crippen LogP contribution in [0.1, 0.15) is 12.0 Å². The van der Waals surface area contributed by atoms with Crippen molar-refractivity contribution < 1.29 is 4.79 Å². The van der Waals surface area contributed by atoms with E-state index in [0.717, 1.165) is 51.3 Å². The summed E-state index contributed by atoms with van der Waals surface area (Å²) in [6.07, 6.45) is 5.72. The minimum atomic E-state index is -0.00261. The molecule has 5 nitrogen and oxygen atoms in total. The van der Waals surface area contributed by atoms with Crippen LogP contribution in [0.25, 0.3) is 0 Å². The number of carbonyl (C=O) groups is 1. The summed E-state index contributed by atoms with van der Waals surface area (Å²) in [4.78, 5) is 20.8. The van der Waals surface area contributed by atoms with Gasteiger partial charge in [-0.15, -0.1) is 0 Å². The van der Waals surface area contributed by atoms with Crippen molar-refractivity contribution in [3.05, 3.63) is 60.4 Å². The number of rotatable bonds is 4. The summed E-state index contributed by atoms with van der Waals surface area (Å²) in [7, 11) is 0. The Bertz CT molecular complexity index is 632. The van der Waals surface area contributed by atoms with Crippen molar-refractivity contribution in [1.82, 2.24) is 14.8 Å². The number of urea groups is 1. The standard InChI is InChI=1S/C19H24N4O/c24-19(21-18-5-2-1-3-6-18)23-13-4-12-22(15-16-23)14-9-17-7-10-20-11-8-17/h1-3,5-8,10-11H,4,9,12-16H2,(H,21,24). The van der Waals surface area contributed by atoms with E-state index in [1.165, 1.54) is 5.56 Å². The average Bonchev–Trinajstić information content (AvgIpc) is 2.87. The highest BCUT2D eigenvalue weighted by atomic mass is 16.2. The zero-order valence-electron chi connectivity index (χ0n) is 13.9. The van der Waals surface area contributed by atoms with Crippen LogP contribution >= 0.6 is 0 Å². The molecule has 0 atom stereocenters. The summed E-state index contributed by atoms with van der Waals surface area (Å²) in [6.45, 7) is 4.57. The van der Waals surface area contributed by atoms with E-state index in [9.17, 15) is 4.79 Å². The number of carbonyl (C=O) groups excluding carboxylic acids is 1. The molecule has 2 aromatic rings. The fraction of sp³-hybridized carbons (Fsp3) is 0.368. The fourth-order valence-corrected chi connectivity index (χ4v) is 2.96. The van der Waals surface area contributed by atoms with Gasteiger partial charge in [0.15, 0.2) is 0 Å². The summed E-state index contributed by atoms with van der Waals surface area (Å²) in [5.74, 6) is 0. The number of aromatic nitrogens is 1. The van der Waals surface area contributed by atoms with Gasteiger partial charge >= 0.3 is 6.03 Å². The highest BCUT2D eigenvalue weighted by Crippen LogP contribution is 2.10. The number of hydrogen-bond acceptors (Lipinski definition) is 3. The maximum absolute atomic E-state index is 12.4. The molecule has 126 valence electrons. The summed E-state index contributed by atoms with van der Waals surface area (Å²) in [5, 5.41) is 2.97. The zero-order chi connectivity index (χ0) is 16.6. The topological polar surface area (TPSA) is 48.5 Å². The normalized spacial score (nSPS) is 15.8. The monoisotopic (exact) mass is 324 g/mol. The minimum absolute atomic E-state index is 0.00261. The van der Waals surface area contributed by atoms with E-state index in [-0.39, 0.29) is 6.03 Å². The molecule has 1 aliphatic rings. The number of hydrogen-bond donors (Lipinski definition) is 1. The first-order valence-electron chi connectivity index (χ1n) is 8.53. The molecule has 0 unspecified atom stereocenters. The van der Waals surface area contributed by atoms with Gasteiger partial charge in [-0.1, -0.05) is 18.2 Å². The molecule has 0 radical (unpaired) electrons. The molecule has 24 heavy (non-hydrogen) atoms. The maximum atomic E-state index is 12.4. The number of nitrogens with one attached hydrogen (secondary N) is 1. The molecule has 0 spiro atoms. The van der Waals surface area contributed by atoms with E-state index >= 15 is 0 Å². The summed E-state index contributed by atoms with van der Waals surface area (Å²) in [5.41, 5.74) is 2.16. The van der Waals surface area contributed by atoms with Gasteiger partial charge in [0.25, 0.3) is 0 Å². The largest absolute Gasteiger partial charge is 0.323 e. The van der Waals surface area contributed by atoms with Crippen LogP contribution in [0.3, 0.4) is 0 Å². The molecule has 1 saturated heterocycles. The van der Waals surface area contributed by atoms with E-state index in [1.54, 1.807) is 0 Å². The van der Waals surface area contributed by atoms with E-state index in [4.69, 9.17) is 0 Å². The average molecular weight is 324 g/mol. The van der Waals surface area contributed by atoms with Crippen LogP contribution in [0.15, 0.2) is 54.9 Å². The van der Waals surface area contributed by atoms with E-state index in [1.807, 2.05) is 47.6 Å². The summed E-state index contributed by atoms with van der Waals surface area (Å²) < 4.78 is 0. The number of amides is 2. The molecular formula is C19H24N4O. The molecule has 2 amide bonds. The van der Waals surface area contributed by atoms with Gasteiger partial charge in [0.1, 0.15) is 0 Å². The summed E-state index contributed by atoms with van der Waals surface area (Å²) in [6, 6.07) is 13.8. The molecule has 1 aromatic heterocycles. The molecule has 1 aromatic carbocycles. The molecule has 1 N–H and O–H groups in total. The van der Waals surface area contributed by atoms with Crippen LogP contribution in [0, 0.1) is 0 Å². The smallest absolute Gasteiger partial charge is 0.321 e. The van der Waals surface area contributed by atoms with Gasteiger partial charge < -0.3 is 15.1 Å². The third kappa shape index (κ3) is 4.80. The fourth-order valence-electron chi connectivity index (χ4n) is 2.96. The van der Waals surface area contributed by atoms with Gasteiger partial charge in [-0.25, -0.2) is 4.79 Å². The van der Waals surface area contributed by atoms with Crippen LogP contribution in [0.4, 0.5) is 10.5 Å². The lowest BCUT2D eigenvalue weighted by molar-refractivity contribution is 0.211. The maximum Gasteiger partial charge on any atom is 0.321 e. The first-order chi connectivity index (χ1) is 11.8. The highest BCUT2D eigenvalue weighted by Gasteiger charge is 2.18. The van der Waals surface area contributed by atoms with Crippen molar-refractivity contribution in [2.24, 2.45) is 0 Å². The van der Waals surface area contributed by atoms with Gasteiger partial charge in [0.05, 0.1) is 0 Å². The molecule has 5 heteroatoms. The Balaban J connectivity index is 1.47. The van der Waals surface area contributed by atoms with Gasteiger partial charge in [0.2, 0.25) is 0 Å². The van der Waals surface area contributed by atoms with Crippen LogP contribution in [-0.4, -0.2) is 53.5 Å². The van der Waals surface area contributed by atoms with Gasteiger partial charge in [-0.3, -0.25) is 4.98 Å². The number of pyridine rings is 1. The molecule has 1 aliphatic heterocycles. The van der Waals surface area contributed by atoms with Gasteiger partial charge in [0, 0.05) is 44.3 Å². The molecule has 0 saturated carbocycles. The Morgan fingerprint density at radius 1 is 1.00 bits per heavy atom. The highest BCUT2D eigenvalue weighted by molar-refractivity contribution is 5.89. The lowest BCUT2D eigenvalue weighted by Crippen LogP contribution is -2.38. The quantitative estimate of drug-likeness (QED) is 0.941. The first kappa shape index (κ1) is 16.5. The second-order valence-corrected chi connectivity index (χ2v) is 6.08. The number of benzene rings is 1. The van der Waals surface area contributed by atoms with Crippen molar-refractivity contribution in [2.45, 2.75) is 12.8 Å². The second kappa shape index (κ2) is 8.45. The molecule has 0 aliphatic carbocycles. The van der Waals surface area contributed by atoms with Crippen molar-refractivity contribution in [3.8, 4) is 0 Å². The molecule has 0 bridgehead atoms. The van der Waals surface area contributed by atoms with Crippen molar-refractivity contribution in [1.29, 1.82) is 0 Å². The number of para-hydroxylation sites is 1. The van der Waals surface area contributed by atoms with E-state index in [2.05, 4.69) is 27.3 Å². The second-order valence-electron chi connectivity index (χ2n) is 6.08. The minimum Gasteiger partial charge on any atom is -0.323 e. The van der Waals surface area contributed by atoms with Gasteiger partial charge in [-0.2, -0.15) is 0 Å². The van der Waals surface area contributed by atoms with Crippen LogP contribution in [-0.2, 0) is 6.42 Å². The molecule has 1 fully saturated rings. The van der Waals surface area contributed by atoms with Crippen molar-refractivity contribution in [3.63, 3.8) is 0 Å². The molecule has 2 heterocycles. The number of nitrogens with zero attached hydrogens (tertiary/aromatic N) is 3. The van der Waals surface area contributed by atoms with E-state index < -0.39 is 0 Å². The Labute approximate surface area is 143 Å². The SMILES string of the molecule is O=C(Nc1ccccc1)N1CCCN(CCc2ccncc2)CC1. The predicted molar refractivity (Wildman–Crippen MR) is 96.0 cm³/mol. The van der Waals surface area contributed by atoms with Gasteiger partial charge in [-0.05, 0) is 49.2 Å². The summed E-state index contributed by atoms with van der Waals surface area (Å²) >= 11 is 0. The Morgan fingerprint density at radius 3 is 2.58 bits per heavy atom. The lowest BCUT2D eigenvalue weighted by Gasteiger charge is -2.22. The van der Waals surface area contributed by atoms with Crippen molar-refractivity contribution in [2.75, 3.05) is 38.0 Å². The molecular weight excluding hydrogens is 300 g/mol. The Hall–Kier alpha value is -2.40. The van der Waals surface area contributed by atoms with Crippen LogP contribution in [0.5, 0.6) is 0 Å². The Kier molecular flexibility index (Phi) is 5.80.